The van der Waals surface area contributed by atoms with Crippen molar-refractivity contribution < 1.29 is 23.9 Å². The maximum Gasteiger partial charge on any atom is 0.312 e. The lowest BCUT2D eigenvalue weighted by atomic mass is 10.0. The summed E-state index contributed by atoms with van der Waals surface area (Å²) in [5, 5.41) is 0.360. The monoisotopic (exact) mass is 475 g/mol. The Kier molecular flexibility index (Phi) is 6.89. The Balaban J connectivity index is 1.51. The van der Waals surface area contributed by atoms with E-state index in [1.165, 1.54) is 17.9 Å². The summed E-state index contributed by atoms with van der Waals surface area (Å²) in [6.07, 6.45) is -1.06. The Hall–Kier alpha value is -3.77. The van der Waals surface area contributed by atoms with E-state index in [0.717, 1.165) is 0 Å². The molecule has 1 amide bonds. The van der Waals surface area contributed by atoms with E-state index in [4.69, 9.17) is 16.3 Å². The molecule has 0 aromatic heterocycles. The second-order valence-electron chi connectivity index (χ2n) is 8.07. The average molecular weight is 476 g/mol. The lowest BCUT2D eigenvalue weighted by Crippen LogP contribution is -2.31. The fourth-order valence-electron chi connectivity index (χ4n) is 3.93. The van der Waals surface area contributed by atoms with Crippen LogP contribution in [0.15, 0.2) is 78.9 Å². The Labute approximate surface area is 202 Å². The summed E-state index contributed by atoms with van der Waals surface area (Å²) in [6, 6.07) is 22.0. The molecule has 1 aliphatic heterocycles. The van der Waals surface area contributed by atoms with Gasteiger partial charge in [-0.05, 0) is 25.1 Å². The number of anilines is 1. The highest BCUT2D eigenvalue weighted by Gasteiger charge is 2.38. The number of nitrogens with zero attached hydrogens (tertiary/aromatic N) is 1. The smallest absolute Gasteiger partial charge is 0.312 e. The van der Waals surface area contributed by atoms with E-state index in [2.05, 4.69) is 0 Å². The lowest BCUT2D eigenvalue weighted by Gasteiger charge is -2.20. The topological polar surface area (TPSA) is 80.8 Å². The van der Waals surface area contributed by atoms with Crippen LogP contribution in [-0.2, 0) is 14.3 Å². The van der Waals surface area contributed by atoms with Crippen molar-refractivity contribution >= 4 is 40.7 Å². The summed E-state index contributed by atoms with van der Waals surface area (Å²) in [7, 11) is 0. The standard InChI is InChI=1S/C27H22ClNO5/c1-17(25(31)18-8-4-2-5-9-18)34-27(33)20-14-24(30)29(16-20)23-13-12-21(28)15-22(23)26(32)19-10-6-3-7-11-19/h2-13,15,17,20H,14,16H2,1H3/t17-,20-/m0/s1. The number of esters is 1. The number of carbonyl (C=O) groups excluding carboxylic acids is 4. The highest BCUT2D eigenvalue weighted by Crippen LogP contribution is 2.32. The highest BCUT2D eigenvalue weighted by atomic mass is 35.5. The van der Waals surface area contributed by atoms with E-state index in [9.17, 15) is 19.2 Å². The number of hydrogen-bond donors (Lipinski definition) is 0. The number of ether oxygens (including phenoxy) is 1. The Morgan fingerprint density at radius 1 is 0.941 bits per heavy atom. The van der Waals surface area contributed by atoms with Crippen molar-refractivity contribution in [3.63, 3.8) is 0 Å². The quantitative estimate of drug-likeness (QED) is 0.364. The molecule has 0 unspecified atom stereocenters. The Morgan fingerprint density at radius 3 is 2.21 bits per heavy atom. The van der Waals surface area contributed by atoms with Crippen molar-refractivity contribution in [2.75, 3.05) is 11.4 Å². The molecule has 0 bridgehead atoms. The summed E-state index contributed by atoms with van der Waals surface area (Å²) in [5.74, 6) is -2.29. The minimum absolute atomic E-state index is 0.0423. The zero-order valence-corrected chi connectivity index (χ0v) is 19.2. The fourth-order valence-corrected chi connectivity index (χ4v) is 4.10. The van der Waals surface area contributed by atoms with Crippen LogP contribution >= 0.6 is 11.6 Å². The maximum absolute atomic E-state index is 13.1. The molecule has 34 heavy (non-hydrogen) atoms. The van der Waals surface area contributed by atoms with Gasteiger partial charge in [0.15, 0.2) is 11.9 Å². The van der Waals surface area contributed by atoms with Gasteiger partial charge in [0, 0.05) is 34.7 Å². The Morgan fingerprint density at radius 2 is 1.56 bits per heavy atom. The van der Waals surface area contributed by atoms with Gasteiger partial charge in [-0.1, -0.05) is 72.3 Å². The first-order valence-electron chi connectivity index (χ1n) is 10.8. The molecular formula is C27H22ClNO5. The van der Waals surface area contributed by atoms with Crippen LogP contribution in [0.5, 0.6) is 0 Å². The van der Waals surface area contributed by atoms with Gasteiger partial charge < -0.3 is 9.64 Å². The zero-order chi connectivity index (χ0) is 24.2. The van der Waals surface area contributed by atoms with Crippen molar-refractivity contribution in [2.24, 2.45) is 5.92 Å². The molecule has 0 saturated carbocycles. The molecule has 0 N–H and O–H groups in total. The number of rotatable bonds is 7. The van der Waals surface area contributed by atoms with Crippen molar-refractivity contribution in [2.45, 2.75) is 19.4 Å². The van der Waals surface area contributed by atoms with E-state index in [-0.39, 0.29) is 36.0 Å². The third-order valence-corrected chi connectivity index (χ3v) is 5.94. The molecule has 0 radical (unpaired) electrons. The summed E-state index contributed by atoms with van der Waals surface area (Å²) >= 11 is 6.15. The van der Waals surface area contributed by atoms with E-state index >= 15 is 0 Å². The normalized spacial score (nSPS) is 16.2. The van der Waals surface area contributed by atoms with Gasteiger partial charge in [-0.3, -0.25) is 19.2 Å². The maximum atomic E-state index is 13.1. The van der Waals surface area contributed by atoms with E-state index in [1.54, 1.807) is 72.8 Å². The van der Waals surface area contributed by atoms with Crippen molar-refractivity contribution in [3.05, 3.63) is 101 Å². The zero-order valence-electron chi connectivity index (χ0n) is 18.4. The number of ketones is 2. The molecule has 6 nitrogen and oxygen atoms in total. The molecule has 3 aromatic carbocycles. The SMILES string of the molecule is C[C@H](OC(=O)[C@H]1CC(=O)N(c2ccc(Cl)cc2C(=O)c2ccccc2)C1)C(=O)c1ccccc1. The summed E-state index contributed by atoms with van der Waals surface area (Å²) < 4.78 is 5.39. The van der Waals surface area contributed by atoms with E-state index in [1.807, 2.05) is 0 Å². The summed E-state index contributed by atoms with van der Waals surface area (Å²) in [5.41, 5.74) is 1.56. The van der Waals surface area contributed by atoms with E-state index in [0.29, 0.717) is 21.8 Å². The van der Waals surface area contributed by atoms with Gasteiger partial charge in [-0.25, -0.2) is 0 Å². The molecule has 4 rings (SSSR count). The molecule has 1 saturated heterocycles. The van der Waals surface area contributed by atoms with Gasteiger partial charge in [0.05, 0.1) is 11.6 Å². The molecular weight excluding hydrogens is 454 g/mol. The number of Topliss-reactive ketones (excluding diaryl/α,β-unsaturated/α-hetero) is 1. The first kappa shape index (κ1) is 23.4. The first-order valence-corrected chi connectivity index (χ1v) is 11.2. The summed E-state index contributed by atoms with van der Waals surface area (Å²) in [6.45, 7) is 1.55. The first-order chi connectivity index (χ1) is 16.3. The predicted octanol–water partition coefficient (Wildman–Crippen LogP) is 4.74. The molecule has 0 spiro atoms. The van der Waals surface area contributed by atoms with Crippen molar-refractivity contribution in [1.82, 2.24) is 0 Å². The van der Waals surface area contributed by atoms with Crippen LogP contribution in [-0.4, -0.2) is 36.1 Å². The lowest BCUT2D eigenvalue weighted by molar-refractivity contribution is -0.151. The van der Waals surface area contributed by atoms with Gasteiger partial charge >= 0.3 is 5.97 Å². The number of amides is 1. The highest BCUT2D eigenvalue weighted by molar-refractivity contribution is 6.31. The van der Waals surface area contributed by atoms with Crippen LogP contribution in [0.2, 0.25) is 5.02 Å². The second-order valence-corrected chi connectivity index (χ2v) is 8.51. The van der Waals surface area contributed by atoms with Gasteiger partial charge in [0.1, 0.15) is 0 Å². The van der Waals surface area contributed by atoms with E-state index < -0.39 is 18.0 Å². The number of hydrogen-bond acceptors (Lipinski definition) is 5. The average Bonchev–Trinajstić information content (AvgIpc) is 3.25. The third kappa shape index (κ3) is 4.92. The van der Waals surface area contributed by atoms with Gasteiger partial charge in [0.2, 0.25) is 11.7 Å². The largest absolute Gasteiger partial charge is 0.454 e. The number of halogens is 1. The van der Waals surface area contributed by atoms with Crippen LogP contribution < -0.4 is 4.90 Å². The predicted molar refractivity (Wildman–Crippen MR) is 128 cm³/mol. The molecule has 3 aromatic rings. The van der Waals surface area contributed by atoms with Gasteiger partial charge in [-0.2, -0.15) is 0 Å². The van der Waals surface area contributed by atoms with Crippen LogP contribution in [0.25, 0.3) is 0 Å². The molecule has 1 aliphatic rings. The number of carbonyl (C=O) groups is 4. The minimum atomic E-state index is -0.982. The minimum Gasteiger partial charge on any atom is -0.454 e. The Bertz CT molecular complexity index is 1240. The third-order valence-electron chi connectivity index (χ3n) is 5.71. The molecule has 7 heteroatoms. The molecule has 2 atom stereocenters. The molecule has 172 valence electrons. The van der Waals surface area contributed by atoms with Gasteiger partial charge in [-0.15, -0.1) is 0 Å². The second kappa shape index (κ2) is 10.0. The fraction of sp³-hybridized carbons (Fsp3) is 0.185. The summed E-state index contributed by atoms with van der Waals surface area (Å²) in [4.78, 5) is 52.7. The van der Waals surface area contributed by atoms with Gasteiger partial charge in [0.25, 0.3) is 0 Å². The van der Waals surface area contributed by atoms with Crippen LogP contribution in [0.3, 0.4) is 0 Å². The molecule has 1 fully saturated rings. The number of benzene rings is 3. The van der Waals surface area contributed by atoms with Crippen molar-refractivity contribution in [1.29, 1.82) is 0 Å². The van der Waals surface area contributed by atoms with Crippen LogP contribution in [0.1, 0.15) is 39.6 Å². The molecule has 0 aliphatic carbocycles. The van der Waals surface area contributed by atoms with Crippen LogP contribution in [0.4, 0.5) is 5.69 Å². The molecule has 1 heterocycles. The van der Waals surface area contributed by atoms with Crippen LogP contribution in [0, 0.1) is 5.92 Å². The van der Waals surface area contributed by atoms with Crippen molar-refractivity contribution in [3.8, 4) is 0 Å².